The van der Waals surface area contributed by atoms with Gasteiger partial charge in [-0.15, -0.1) is 0 Å². The van der Waals surface area contributed by atoms with Crippen LogP contribution in [0.4, 0.5) is 24.7 Å². The van der Waals surface area contributed by atoms with E-state index >= 15 is 0 Å². The number of likely N-dealkylation sites (tertiary alicyclic amines) is 1. The lowest BCUT2D eigenvalue weighted by Gasteiger charge is -2.23. The number of benzene rings is 2. The molecule has 3 aromatic rings. The topological polar surface area (TPSA) is 110 Å². The maximum atomic E-state index is 14.7. The first kappa shape index (κ1) is 28.0. The van der Waals surface area contributed by atoms with Crippen molar-refractivity contribution in [3.05, 3.63) is 65.2 Å². The lowest BCUT2D eigenvalue weighted by atomic mass is 10.0. The van der Waals surface area contributed by atoms with Crippen molar-refractivity contribution < 1.29 is 27.5 Å². The number of nitrogens with two attached hydrogens (primary N) is 1. The number of carbonyl (C=O) groups excluding carboxylic acids is 2. The molecule has 0 bridgehead atoms. The molecule has 1 saturated carbocycles. The molecular weight excluding hydrogens is 535 g/mol. The van der Waals surface area contributed by atoms with Crippen LogP contribution in [0.5, 0.6) is 5.75 Å². The van der Waals surface area contributed by atoms with Crippen LogP contribution in [0.1, 0.15) is 53.6 Å². The third-order valence-electron chi connectivity index (χ3n) is 7.07. The zero-order chi connectivity index (χ0) is 29.1. The number of carbonyl (C=O) groups is 2. The second-order valence-electron chi connectivity index (χ2n) is 10.1. The minimum atomic E-state index is -1.22. The first-order valence-corrected chi connectivity index (χ1v) is 13.2. The Morgan fingerprint density at radius 2 is 2.00 bits per heavy atom. The van der Waals surface area contributed by atoms with Crippen molar-refractivity contribution in [3.8, 4) is 28.8 Å². The number of halogens is 3. The smallest absolute Gasteiger partial charge is 0.298 e. The highest BCUT2D eigenvalue weighted by atomic mass is 19.1. The first-order chi connectivity index (χ1) is 19.8. The minimum Gasteiger partial charge on any atom is -0.485 e. The summed E-state index contributed by atoms with van der Waals surface area (Å²) in [5.41, 5.74) is 7.80. The molecule has 2 aromatic carbocycles. The Balaban J connectivity index is 1.39. The summed E-state index contributed by atoms with van der Waals surface area (Å²) in [6.07, 6.45) is 2.05. The van der Waals surface area contributed by atoms with Crippen LogP contribution in [0.15, 0.2) is 42.7 Å². The van der Waals surface area contributed by atoms with E-state index < -0.39 is 36.5 Å². The van der Waals surface area contributed by atoms with Gasteiger partial charge in [-0.25, -0.2) is 23.1 Å². The van der Waals surface area contributed by atoms with Gasteiger partial charge in [0, 0.05) is 17.7 Å². The van der Waals surface area contributed by atoms with Crippen LogP contribution in [0.3, 0.4) is 0 Å². The summed E-state index contributed by atoms with van der Waals surface area (Å²) >= 11 is 0. The van der Waals surface area contributed by atoms with Gasteiger partial charge in [-0.1, -0.05) is 12.0 Å². The van der Waals surface area contributed by atoms with Gasteiger partial charge >= 0.3 is 0 Å². The first-order valence-electron chi connectivity index (χ1n) is 13.2. The summed E-state index contributed by atoms with van der Waals surface area (Å²) in [5.74, 6) is 3.48. The quantitative estimate of drug-likeness (QED) is 0.381. The van der Waals surface area contributed by atoms with Gasteiger partial charge in [0.1, 0.15) is 37.3 Å². The Bertz CT molecular complexity index is 1550. The lowest BCUT2D eigenvalue weighted by Crippen LogP contribution is -2.38. The van der Waals surface area contributed by atoms with Crippen LogP contribution in [0, 0.1) is 17.7 Å². The number of nitrogens with zero attached hydrogens (tertiary/aromatic N) is 3. The molecule has 1 aliphatic heterocycles. The Morgan fingerprint density at radius 1 is 1.20 bits per heavy atom. The molecule has 41 heavy (non-hydrogen) atoms. The average molecular weight is 564 g/mol. The van der Waals surface area contributed by atoms with Crippen LogP contribution in [-0.4, -0.2) is 52.0 Å². The van der Waals surface area contributed by atoms with E-state index in [-0.39, 0.29) is 53.6 Å². The second-order valence-corrected chi connectivity index (χ2v) is 10.1. The molecule has 1 aromatic heterocycles. The van der Waals surface area contributed by atoms with Gasteiger partial charge in [-0.2, -0.15) is 0 Å². The highest BCUT2D eigenvalue weighted by Crippen LogP contribution is 2.40. The molecule has 2 heterocycles. The fourth-order valence-electron chi connectivity index (χ4n) is 4.92. The molecule has 212 valence electrons. The molecule has 0 spiro atoms. The van der Waals surface area contributed by atoms with Crippen molar-refractivity contribution >= 4 is 23.3 Å². The maximum absolute atomic E-state index is 14.7. The van der Waals surface area contributed by atoms with Crippen molar-refractivity contribution in [2.24, 2.45) is 0 Å². The van der Waals surface area contributed by atoms with E-state index in [1.807, 2.05) is 0 Å². The molecule has 11 heteroatoms. The zero-order valence-corrected chi connectivity index (χ0v) is 22.3. The van der Waals surface area contributed by atoms with Gasteiger partial charge in [0.2, 0.25) is 0 Å². The van der Waals surface area contributed by atoms with Crippen molar-refractivity contribution in [3.63, 3.8) is 0 Å². The Kier molecular flexibility index (Phi) is 8.10. The third-order valence-corrected chi connectivity index (χ3v) is 7.07. The molecule has 2 aliphatic rings. The number of alkyl halides is 2. The summed E-state index contributed by atoms with van der Waals surface area (Å²) in [5, 5.41) is 2.63. The van der Waals surface area contributed by atoms with E-state index in [0.29, 0.717) is 11.5 Å². The summed E-state index contributed by atoms with van der Waals surface area (Å²) in [7, 11) is 0. The van der Waals surface area contributed by atoms with Gasteiger partial charge in [-0.05, 0) is 73.1 Å². The van der Waals surface area contributed by atoms with Crippen LogP contribution in [0.25, 0.3) is 11.3 Å². The largest absolute Gasteiger partial charge is 0.485 e. The van der Waals surface area contributed by atoms with Gasteiger partial charge in [0.05, 0.1) is 18.2 Å². The highest BCUT2D eigenvalue weighted by molar-refractivity contribution is 6.05. The van der Waals surface area contributed by atoms with Crippen molar-refractivity contribution in [1.82, 2.24) is 14.9 Å². The molecule has 2 fully saturated rings. The SMILES string of the molecule is CC#CC(=O)N1C[C@H](F)C[C@H]1COc1c(N)ncnc1-c1cc(CF)cc(NC(=O)c2ccc(C3CC3)cc2F)c1. The lowest BCUT2D eigenvalue weighted by molar-refractivity contribution is -0.126. The molecule has 3 N–H and O–H groups in total. The molecule has 1 aliphatic carbocycles. The number of ether oxygens (including phenoxy) is 1. The second kappa shape index (κ2) is 11.9. The molecule has 5 rings (SSSR count). The zero-order valence-electron chi connectivity index (χ0n) is 22.3. The van der Waals surface area contributed by atoms with E-state index in [2.05, 4.69) is 27.1 Å². The predicted molar refractivity (Wildman–Crippen MR) is 147 cm³/mol. The van der Waals surface area contributed by atoms with Gasteiger partial charge in [0.15, 0.2) is 11.6 Å². The number of nitrogens with one attached hydrogen (secondary N) is 1. The van der Waals surface area contributed by atoms with E-state index in [1.165, 1.54) is 48.5 Å². The standard InChI is InChI=1S/C30H28F3N5O3/c1-2-3-26(39)38-14-21(32)12-23(38)15-41-28-27(35-16-36-29(28)34)20-8-17(13-31)9-22(10-20)37-30(40)24-7-6-19(11-25(24)33)18-4-5-18/h6-11,16,18,21,23H,4-5,12-15H2,1H3,(H,37,40)(H2,34,35,36)/t21-,23+/m1/s1. The Labute approximate surface area is 235 Å². The summed E-state index contributed by atoms with van der Waals surface area (Å²) < 4.78 is 48.7. The number of rotatable bonds is 8. The van der Waals surface area contributed by atoms with Crippen LogP contribution >= 0.6 is 0 Å². The molecule has 2 amide bonds. The van der Waals surface area contributed by atoms with Crippen LogP contribution < -0.4 is 15.8 Å². The van der Waals surface area contributed by atoms with E-state index in [4.69, 9.17) is 10.5 Å². The highest BCUT2D eigenvalue weighted by Gasteiger charge is 2.35. The van der Waals surface area contributed by atoms with Crippen LogP contribution in [0.2, 0.25) is 0 Å². The normalized spacial score (nSPS) is 18.0. The molecule has 0 unspecified atom stereocenters. The van der Waals surface area contributed by atoms with E-state index in [0.717, 1.165) is 18.4 Å². The minimum absolute atomic E-state index is 0.0231. The van der Waals surface area contributed by atoms with Crippen LogP contribution in [-0.2, 0) is 11.5 Å². The Morgan fingerprint density at radius 3 is 2.71 bits per heavy atom. The molecule has 0 radical (unpaired) electrons. The van der Waals surface area contributed by atoms with Gasteiger partial charge < -0.3 is 20.7 Å². The number of nitrogen functional groups attached to an aromatic ring is 1. The fourth-order valence-corrected chi connectivity index (χ4v) is 4.92. The van der Waals surface area contributed by atoms with E-state index in [9.17, 15) is 22.8 Å². The number of anilines is 2. The molecular formula is C30H28F3N5O3. The Hall–Kier alpha value is -4.59. The van der Waals surface area contributed by atoms with Crippen molar-refractivity contribution in [2.75, 3.05) is 24.2 Å². The molecule has 1 saturated heterocycles. The number of aromatic nitrogens is 2. The van der Waals surface area contributed by atoms with Crippen molar-refractivity contribution in [2.45, 2.75) is 51.0 Å². The summed E-state index contributed by atoms with van der Waals surface area (Å²) in [6, 6.07) is 8.44. The maximum Gasteiger partial charge on any atom is 0.298 e. The number of amides is 2. The number of hydrogen-bond acceptors (Lipinski definition) is 6. The number of hydrogen-bond donors (Lipinski definition) is 2. The van der Waals surface area contributed by atoms with Gasteiger partial charge in [0.25, 0.3) is 11.8 Å². The van der Waals surface area contributed by atoms with Gasteiger partial charge in [-0.3, -0.25) is 9.59 Å². The summed E-state index contributed by atoms with van der Waals surface area (Å²) in [6.45, 7) is 0.461. The average Bonchev–Trinajstić information content (AvgIpc) is 3.73. The third kappa shape index (κ3) is 6.27. The molecule has 8 nitrogen and oxygen atoms in total. The fraction of sp³-hybridized carbons (Fsp3) is 0.333. The monoisotopic (exact) mass is 563 g/mol. The summed E-state index contributed by atoms with van der Waals surface area (Å²) in [4.78, 5) is 34.8. The molecule has 2 atom stereocenters. The van der Waals surface area contributed by atoms with E-state index in [1.54, 1.807) is 6.07 Å². The van der Waals surface area contributed by atoms with Crippen molar-refractivity contribution in [1.29, 1.82) is 0 Å². The predicted octanol–water partition coefficient (Wildman–Crippen LogP) is 4.81.